The molecule has 0 radical (unpaired) electrons. The first-order chi connectivity index (χ1) is 10.2. The lowest BCUT2D eigenvalue weighted by Gasteiger charge is -2.18. The highest BCUT2D eigenvalue weighted by molar-refractivity contribution is 5.85. The molecule has 2 aromatic carbocycles. The van der Waals surface area contributed by atoms with Crippen LogP contribution in [0.25, 0.3) is 10.8 Å². The van der Waals surface area contributed by atoms with Gasteiger partial charge in [0.1, 0.15) is 0 Å². The fraction of sp³-hybridized carbons (Fsp3) is 0.0625. The maximum Gasteiger partial charge on any atom is 0.159 e. The van der Waals surface area contributed by atoms with Crippen molar-refractivity contribution in [2.24, 2.45) is 5.84 Å². The largest absolute Gasteiger partial charge is 0.271 e. The van der Waals surface area contributed by atoms with Crippen LogP contribution in [0.3, 0.4) is 0 Å². The molecule has 3 rings (SSSR count). The summed E-state index contributed by atoms with van der Waals surface area (Å²) in [7, 11) is 0. The fourth-order valence-electron chi connectivity index (χ4n) is 2.40. The highest BCUT2D eigenvalue weighted by Crippen LogP contribution is 2.27. The Morgan fingerprint density at radius 3 is 2.57 bits per heavy atom. The van der Waals surface area contributed by atoms with Gasteiger partial charge in [0.05, 0.1) is 11.7 Å². The zero-order valence-electron chi connectivity index (χ0n) is 11.1. The van der Waals surface area contributed by atoms with Crippen molar-refractivity contribution in [3.05, 3.63) is 77.6 Å². The van der Waals surface area contributed by atoms with E-state index in [2.05, 4.69) is 10.4 Å². The Hall–Kier alpha value is -2.37. The molecule has 0 spiro atoms. The third kappa shape index (κ3) is 2.49. The molecule has 3 N–H and O–H groups in total. The summed E-state index contributed by atoms with van der Waals surface area (Å²) in [5, 5.41) is 1.91. The Labute approximate surface area is 120 Å². The van der Waals surface area contributed by atoms with Gasteiger partial charge in [-0.25, -0.2) is 14.2 Å². The quantitative estimate of drug-likeness (QED) is 0.574. The second-order valence-corrected chi connectivity index (χ2v) is 4.69. The number of halogens is 2. The van der Waals surface area contributed by atoms with E-state index in [-0.39, 0.29) is 0 Å². The van der Waals surface area contributed by atoms with Crippen molar-refractivity contribution >= 4 is 10.8 Å². The number of nitrogens with one attached hydrogen (secondary N) is 1. The van der Waals surface area contributed by atoms with Crippen molar-refractivity contribution in [1.82, 2.24) is 10.4 Å². The molecule has 1 atom stereocenters. The number of nitrogens with zero attached hydrogens (tertiary/aromatic N) is 1. The lowest BCUT2D eigenvalue weighted by Crippen LogP contribution is -2.29. The van der Waals surface area contributed by atoms with Crippen molar-refractivity contribution < 1.29 is 8.78 Å². The minimum absolute atomic E-state index is 0.514. The van der Waals surface area contributed by atoms with Crippen LogP contribution in [-0.4, -0.2) is 4.98 Å². The van der Waals surface area contributed by atoms with Crippen LogP contribution in [-0.2, 0) is 0 Å². The number of nitrogens with two attached hydrogens (primary N) is 1. The molecule has 0 fully saturated rings. The van der Waals surface area contributed by atoms with Crippen molar-refractivity contribution in [3.8, 4) is 0 Å². The van der Waals surface area contributed by atoms with Crippen LogP contribution >= 0.6 is 0 Å². The number of fused-ring (bicyclic) bond motifs is 1. The van der Waals surface area contributed by atoms with Gasteiger partial charge in [0, 0.05) is 11.6 Å². The van der Waals surface area contributed by atoms with E-state index >= 15 is 0 Å². The monoisotopic (exact) mass is 285 g/mol. The van der Waals surface area contributed by atoms with E-state index in [1.165, 1.54) is 6.07 Å². The zero-order valence-corrected chi connectivity index (χ0v) is 11.1. The van der Waals surface area contributed by atoms with Gasteiger partial charge in [-0.3, -0.25) is 10.8 Å². The predicted octanol–water partition coefficient (Wildman–Crippen LogP) is 3.07. The third-order valence-electron chi connectivity index (χ3n) is 3.42. The summed E-state index contributed by atoms with van der Waals surface area (Å²) < 4.78 is 26.5. The van der Waals surface area contributed by atoms with Gasteiger partial charge in [0.2, 0.25) is 0 Å². The molecule has 0 aliphatic rings. The van der Waals surface area contributed by atoms with Crippen LogP contribution in [0.5, 0.6) is 0 Å². The van der Waals surface area contributed by atoms with E-state index in [0.29, 0.717) is 11.3 Å². The number of hydrazine groups is 1. The number of hydrogen-bond acceptors (Lipinski definition) is 3. The van der Waals surface area contributed by atoms with E-state index in [1.807, 2.05) is 30.3 Å². The minimum atomic E-state index is -0.909. The molecule has 0 bridgehead atoms. The fourth-order valence-corrected chi connectivity index (χ4v) is 2.40. The van der Waals surface area contributed by atoms with Crippen LogP contribution in [0.2, 0.25) is 0 Å². The SMILES string of the molecule is NNC(c1ccc(F)c(F)c1)c1nccc2ccccc12. The summed E-state index contributed by atoms with van der Waals surface area (Å²) >= 11 is 0. The van der Waals surface area contributed by atoms with Crippen molar-refractivity contribution in [1.29, 1.82) is 0 Å². The smallest absolute Gasteiger partial charge is 0.159 e. The van der Waals surface area contributed by atoms with E-state index < -0.39 is 17.7 Å². The Balaban J connectivity index is 2.16. The van der Waals surface area contributed by atoms with Crippen LogP contribution in [0.4, 0.5) is 8.78 Å². The Bertz CT molecular complexity index is 784. The normalized spacial score (nSPS) is 12.5. The first-order valence-electron chi connectivity index (χ1n) is 6.45. The summed E-state index contributed by atoms with van der Waals surface area (Å²) in [4.78, 5) is 4.35. The zero-order chi connectivity index (χ0) is 14.8. The molecule has 106 valence electrons. The molecule has 5 heteroatoms. The predicted molar refractivity (Wildman–Crippen MR) is 77.3 cm³/mol. The van der Waals surface area contributed by atoms with Gasteiger partial charge in [-0.2, -0.15) is 0 Å². The number of hydrogen-bond donors (Lipinski definition) is 2. The molecule has 21 heavy (non-hydrogen) atoms. The molecule has 0 saturated carbocycles. The second kappa shape index (κ2) is 5.55. The first-order valence-corrected chi connectivity index (χ1v) is 6.45. The minimum Gasteiger partial charge on any atom is -0.271 e. The summed E-state index contributed by atoms with van der Waals surface area (Å²) in [5.74, 6) is 3.81. The van der Waals surface area contributed by atoms with Crippen LogP contribution in [0.1, 0.15) is 17.3 Å². The molecule has 0 amide bonds. The summed E-state index contributed by atoms with van der Waals surface area (Å²) in [5.41, 5.74) is 3.80. The van der Waals surface area contributed by atoms with Gasteiger partial charge in [0.15, 0.2) is 11.6 Å². The molecule has 0 aliphatic heterocycles. The maximum absolute atomic E-state index is 13.4. The van der Waals surface area contributed by atoms with Crippen molar-refractivity contribution in [3.63, 3.8) is 0 Å². The van der Waals surface area contributed by atoms with Crippen molar-refractivity contribution in [2.75, 3.05) is 0 Å². The Morgan fingerprint density at radius 2 is 1.81 bits per heavy atom. The lowest BCUT2D eigenvalue weighted by molar-refractivity contribution is 0.503. The standard InChI is InChI=1S/C16H13F2N3/c17-13-6-5-11(9-14(13)18)15(21-19)16-12-4-2-1-3-10(12)7-8-20-16/h1-9,15,21H,19H2. The molecule has 3 nitrogen and oxygen atoms in total. The molecular weight excluding hydrogens is 272 g/mol. The van der Waals surface area contributed by atoms with E-state index in [9.17, 15) is 8.78 Å². The van der Waals surface area contributed by atoms with Gasteiger partial charge in [-0.05, 0) is 29.1 Å². The van der Waals surface area contributed by atoms with Gasteiger partial charge >= 0.3 is 0 Å². The Morgan fingerprint density at radius 1 is 1.00 bits per heavy atom. The Kier molecular flexibility index (Phi) is 3.60. The number of rotatable bonds is 3. The average Bonchev–Trinajstić information content (AvgIpc) is 2.52. The molecule has 0 saturated heterocycles. The summed E-state index contributed by atoms with van der Waals surface area (Å²) in [6.45, 7) is 0. The van der Waals surface area contributed by atoms with Gasteiger partial charge in [-0.15, -0.1) is 0 Å². The number of benzene rings is 2. The first kappa shape index (κ1) is 13.6. The molecule has 0 aliphatic carbocycles. The van der Waals surface area contributed by atoms with Crippen LogP contribution in [0, 0.1) is 11.6 Å². The highest BCUT2D eigenvalue weighted by atomic mass is 19.2. The molecule has 3 aromatic rings. The van der Waals surface area contributed by atoms with Gasteiger partial charge in [-0.1, -0.05) is 30.3 Å². The molecule has 1 aromatic heterocycles. The number of pyridine rings is 1. The lowest BCUT2D eigenvalue weighted by atomic mass is 9.99. The van der Waals surface area contributed by atoms with E-state index in [1.54, 1.807) is 6.20 Å². The molecular formula is C16H13F2N3. The van der Waals surface area contributed by atoms with E-state index in [4.69, 9.17) is 5.84 Å². The van der Waals surface area contributed by atoms with Gasteiger partial charge < -0.3 is 0 Å². The van der Waals surface area contributed by atoms with Crippen LogP contribution in [0.15, 0.2) is 54.7 Å². The number of aromatic nitrogens is 1. The van der Waals surface area contributed by atoms with Gasteiger partial charge in [0.25, 0.3) is 0 Å². The highest BCUT2D eigenvalue weighted by Gasteiger charge is 2.18. The summed E-state index contributed by atoms with van der Waals surface area (Å²) in [6.07, 6.45) is 1.67. The maximum atomic E-state index is 13.4. The average molecular weight is 285 g/mol. The summed E-state index contributed by atoms with van der Waals surface area (Å²) in [6, 6.07) is 12.8. The topological polar surface area (TPSA) is 50.9 Å². The van der Waals surface area contributed by atoms with Crippen LogP contribution < -0.4 is 11.3 Å². The molecule has 1 unspecified atom stereocenters. The molecule has 1 heterocycles. The van der Waals surface area contributed by atoms with E-state index in [0.717, 1.165) is 22.9 Å². The van der Waals surface area contributed by atoms with Crippen molar-refractivity contribution in [2.45, 2.75) is 6.04 Å². The third-order valence-corrected chi connectivity index (χ3v) is 3.42. The second-order valence-electron chi connectivity index (χ2n) is 4.69.